The number of hydrogen-bond donors (Lipinski definition) is 0. The second kappa shape index (κ2) is 5.67. The Hall–Kier alpha value is -1.56. The maximum absolute atomic E-state index is 8.28. The molecule has 1 aromatic carbocycles. The Bertz CT molecular complexity index is 548. The molecule has 0 bridgehead atoms. The highest BCUT2D eigenvalue weighted by atomic mass is 79.9. The molecule has 0 N–H and O–H groups in total. The Balaban J connectivity index is 2.13. The van der Waals surface area contributed by atoms with Gasteiger partial charge in [-0.25, -0.2) is 9.97 Å². The van der Waals surface area contributed by atoms with E-state index in [0.717, 1.165) is 9.37 Å². The van der Waals surface area contributed by atoms with Gasteiger partial charge in [0.2, 0.25) is 0 Å². The van der Waals surface area contributed by atoms with Crippen LogP contribution in [0.25, 0.3) is 10.4 Å². The van der Waals surface area contributed by atoms with Crippen LogP contribution in [0.1, 0.15) is 0 Å². The number of azide groups is 1. The van der Waals surface area contributed by atoms with Crippen LogP contribution in [0.4, 0.5) is 5.69 Å². The molecule has 5 nitrogen and oxygen atoms in total. The van der Waals surface area contributed by atoms with E-state index in [-0.39, 0.29) is 0 Å². The van der Waals surface area contributed by atoms with Gasteiger partial charge in [-0.3, -0.25) is 0 Å². The van der Waals surface area contributed by atoms with Crippen molar-refractivity contribution in [2.45, 2.75) is 10.1 Å². The van der Waals surface area contributed by atoms with Crippen molar-refractivity contribution in [1.82, 2.24) is 9.97 Å². The average molecular weight is 308 g/mol. The van der Waals surface area contributed by atoms with Crippen molar-refractivity contribution in [3.05, 3.63) is 51.6 Å². The van der Waals surface area contributed by atoms with Crippen LogP contribution in [-0.2, 0) is 0 Å². The Morgan fingerprint density at radius 1 is 1.18 bits per heavy atom. The van der Waals surface area contributed by atoms with Crippen LogP contribution in [0.5, 0.6) is 0 Å². The first kappa shape index (κ1) is 11.9. The molecule has 0 aliphatic heterocycles. The van der Waals surface area contributed by atoms with Gasteiger partial charge in [-0.15, -0.1) is 0 Å². The van der Waals surface area contributed by atoms with E-state index in [4.69, 9.17) is 5.53 Å². The molecule has 0 unspecified atom stereocenters. The van der Waals surface area contributed by atoms with Crippen molar-refractivity contribution < 1.29 is 0 Å². The van der Waals surface area contributed by atoms with Gasteiger partial charge in [0.15, 0.2) is 5.16 Å². The quantitative estimate of drug-likeness (QED) is 0.366. The number of halogens is 1. The van der Waals surface area contributed by atoms with Crippen LogP contribution < -0.4 is 0 Å². The lowest BCUT2D eigenvalue weighted by Crippen LogP contribution is -1.84. The van der Waals surface area contributed by atoms with Crippen molar-refractivity contribution in [3.8, 4) is 0 Å². The maximum Gasteiger partial charge on any atom is 0.192 e. The Labute approximate surface area is 110 Å². The van der Waals surface area contributed by atoms with Gasteiger partial charge < -0.3 is 0 Å². The zero-order valence-corrected chi connectivity index (χ0v) is 10.9. The van der Waals surface area contributed by atoms with Crippen molar-refractivity contribution in [1.29, 1.82) is 0 Å². The van der Waals surface area contributed by atoms with Crippen LogP contribution in [0.3, 0.4) is 0 Å². The first-order valence-electron chi connectivity index (χ1n) is 4.58. The van der Waals surface area contributed by atoms with Crippen molar-refractivity contribution in [2.75, 3.05) is 0 Å². The fraction of sp³-hybridized carbons (Fsp3) is 0. The molecule has 0 spiro atoms. The SMILES string of the molecule is [N-]=[N+]=Nc1ccc(Sc2ncc(Br)cn2)cc1. The monoisotopic (exact) mass is 307 g/mol. The summed E-state index contributed by atoms with van der Waals surface area (Å²) in [5, 5.41) is 4.17. The molecule has 17 heavy (non-hydrogen) atoms. The van der Waals surface area contributed by atoms with E-state index in [1.807, 2.05) is 12.1 Å². The molecule has 0 amide bonds. The van der Waals surface area contributed by atoms with Gasteiger partial charge in [0, 0.05) is 27.9 Å². The van der Waals surface area contributed by atoms with E-state index in [1.54, 1.807) is 24.5 Å². The molecule has 0 fully saturated rings. The van der Waals surface area contributed by atoms with Crippen LogP contribution >= 0.6 is 27.7 Å². The highest BCUT2D eigenvalue weighted by Crippen LogP contribution is 2.26. The molecule has 1 heterocycles. The van der Waals surface area contributed by atoms with Crippen molar-refractivity contribution in [3.63, 3.8) is 0 Å². The summed E-state index contributed by atoms with van der Waals surface area (Å²) in [6.07, 6.45) is 3.40. The van der Waals surface area contributed by atoms with Gasteiger partial charge >= 0.3 is 0 Å². The predicted octanol–water partition coefficient (Wildman–Crippen LogP) is 4.33. The number of aromatic nitrogens is 2. The largest absolute Gasteiger partial charge is 0.230 e. The molecule has 0 atom stereocenters. The molecule has 0 saturated carbocycles. The van der Waals surface area contributed by atoms with Gasteiger partial charge in [-0.1, -0.05) is 17.2 Å². The lowest BCUT2D eigenvalue weighted by molar-refractivity contribution is 0.958. The number of rotatable bonds is 3. The van der Waals surface area contributed by atoms with E-state index in [9.17, 15) is 0 Å². The van der Waals surface area contributed by atoms with Crippen LogP contribution in [0.2, 0.25) is 0 Å². The maximum atomic E-state index is 8.28. The minimum absolute atomic E-state index is 0.591. The molecular weight excluding hydrogens is 302 g/mol. The topological polar surface area (TPSA) is 74.5 Å². The third-order valence-electron chi connectivity index (χ3n) is 1.80. The lowest BCUT2D eigenvalue weighted by atomic mass is 10.3. The molecule has 84 valence electrons. The normalized spacial score (nSPS) is 9.71. The molecule has 7 heteroatoms. The summed E-state index contributed by atoms with van der Waals surface area (Å²) in [7, 11) is 0. The smallest absolute Gasteiger partial charge is 0.192 e. The molecule has 0 aliphatic rings. The zero-order chi connectivity index (χ0) is 12.1. The van der Waals surface area contributed by atoms with E-state index in [2.05, 4.69) is 35.9 Å². The van der Waals surface area contributed by atoms with Gasteiger partial charge in [-0.05, 0) is 45.4 Å². The van der Waals surface area contributed by atoms with Crippen LogP contribution in [0, 0.1) is 0 Å². The van der Waals surface area contributed by atoms with Gasteiger partial charge in [0.05, 0.1) is 4.47 Å². The predicted molar refractivity (Wildman–Crippen MR) is 69.1 cm³/mol. The summed E-state index contributed by atoms with van der Waals surface area (Å²) >= 11 is 4.72. The number of hydrogen-bond acceptors (Lipinski definition) is 4. The van der Waals surface area contributed by atoms with Crippen LogP contribution in [0.15, 0.2) is 56.3 Å². The van der Waals surface area contributed by atoms with Gasteiger partial charge in [0.25, 0.3) is 0 Å². The molecule has 1 aromatic heterocycles. The first-order chi connectivity index (χ1) is 8.28. The van der Waals surface area contributed by atoms with Gasteiger partial charge in [-0.2, -0.15) is 0 Å². The molecule has 0 aliphatic carbocycles. The molecule has 2 aromatic rings. The Kier molecular flexibility index (Phi) is 3.98. The van der Waals surface area contributed by atoms with E-state index >= 15 is 0 Å². The fourth-order valence-electron chi connectivity index (χ4n) is 1.09. The second-order valence-electron chi connectivity index (χ2n) is 2.97. The fourth-order valence-corrected chi connectivity index (χ4v) is 1.99. The van der Waals surface area contributed by atoms with E-state index in [1.165, 1.54) is 11.8 Å². The highest BCUT2D eigenvalue weighted by Gasteiger charge is 2.00. The third kappa shape index (κ3) is 3.45. The number of benzene rings is 1. The second-order valence-corrected chi connectivity index (χ2v) is 4.93. The Morgan fingerprint density at radius 3 is 2.41 bits per heavy atom. The summed E-state index contributed by atoms with van der Waals surface area (Å²) in [6, 6.07) is 7.22. The highest BCUT2D eigenvalue weighted by molar-refractivity contribution is 9.10. The molecular formula is C10H6BrN5S. The summed E-state index contributed by atoms with van der Waals surface area (Å²) in [6.45, 7) is 0. The average Bonchev–Trinajstić information content (AvgIpc) is 2.35. The lowest BCUT2D eigenvalue weighted by Gasteiger charge is -2.00. The standard InChI is InChI=1S/C10H6BrN5S/c11-7-5-13-10(14-6-7)17-9-3-1-8(2-4-9)15-16-12/h1-6H. The summed E-state index contributed by atoms with van der Waals surface area (Å²) in [4.78, 5) is 12.0. The first-order valence-corrected chi connectivity index (χ1v) is 6.19. The number of nitrogens with zero attached hydrogens (tertiary/aromatic N) is 5. The van der Waals surface area contributed by atoms with Crippen molar-refractivity contribution in [2.24, 2.45) is 5.11 Å². The minimum Gasteiger partial charge on any atom is -0.230 e. The summed E-state index contributed by atoms with van der Waals surface area (Å²) < 4.78 is 0.848. The van der Waals surface area contributed by atoms with E-state index < -0.39 is 0 Å². The van der Waals surface area contributed by atoms with Crippen molar-refractivity contribution >= 4 is 33.4 Å². The molecule has 0 radical (unpaired) electrons. The Morgan fingerprint density at radius 2 is 1.82 bits per heavy atom. The summed E-state index contributed by atoms with van der Waals surface area (Å²) in [5.74, 6) is 0. The zero-order valence-electron chi connectivity index (χ0n) is 8.49. The minimum atomic E-state index is 0.591. The molecule has 2 rings (SSSR count). The van der Waals surface area contributed by atoms with Crippen LogP contribution in [-0.4, -0.2) is 9.97 Å². The summed E-state index contributed by atoms with van der Waals surface area (Å²) in [5.41, 5.74) is 8.87. The van der Waals surface area contributed by atoms with Gasteiger partial charge in [0.1, 0.15) is 0 Å². The molecule has 0 saturated heterocycles. The third-order valence-corrected chi connectivity index (χ3v) is 3.11. The van der Waals surface area contributed by atoms with E-state index in [0.29, 0.717) is 10.8 Å².